The fourth-order valence-electron chi connectivity index (χ4n) is 3.99. The zero-order chi connectivity index (χ0) is 15.5. The molecular weight excluding hydrogens is 272 g/mol. The van der Waals surface area contributed by atoms with Crippen molar-refractivity contribution in [1.29, 1.82) is 0 Å². The van der Waals surface area contributed by atoms with Gasteiger partial charge in [-0.1, -0.05) is 19.8 Å². The number of anilines is 1. The number of carbonyl (C=O) groups is 1. The monoisotopic (exact) mass is 300 g/mol. The van der Waals surface area contributed by atoms with Crippen LogP contribution >= 0.6 is 0 Å². The largest absolute Gasteiger partial charge is 0.369 e. The highest BCUT2D eigenvalue weighted by molar-refractivity contribution is 5.94. The molecule has 3 heteroatoms. The first-order valence-corrected chi connectivity index (χ1v) is 8.73. The van der Waals surface area contributed by atoms with Gasteiger partial charge in [-0.15, -0.1) is 0 Å². The van der Waals surface area contributed by atoms with E-state index in [0.717, 1.165) is 30.6 Å². The average molecular weight is 300 g/mol. The Morgan fingerprint density at radius 3 is 2.32 bits per heavy atom. The molecule has 1 aliphatic heterocycles. The van der Waals surface area contributed by atoms with Crippen molar-refractivity contribution >= 4 is 11.5 Å². The zero-order valence-electron chi connectivity index (χ0n) is 13.9. The third-order valence-corrected chi connectivity index (χ3v) is 5.38. The van der Waals surface area contributed by atoms with E-state index in [0.29, 0.717) is 0 Å². The first kappa shape index (κ1) is 15.5. The van der Waals surface area contributed by atoms with Crippen molar-refractivity contribution in [3.8, 4) is 0 Å². The molecule has 2 atom stereocenters. The van der Waals surface area contributed by atoms with Crippen LogP contribution in [0.3, 0.4) is 0 Å². The highest BCUT2D eigenvalue weighted by atomic mass is 16.1. The van der Waals surface area contributed by atoms with Crippen LogP contribution in [0.15, 0.2) is 24.3 Å². The summed E-state index contributed by atoms with van der Waals surface area (Å²) in [5.41, 5.74) is 2.06. The average Bonchev–Trinajstić information content (AvgIpc) is 2.55. The minimum absolute atomic E-state index is 0.141. The number of piperazine rings is 1. The van der Waals surface area contributed by atoms with Crippen molar-refractivity contribution in [3.05, 3.63) is 29.8 Å². The van der Waals surface area contributed by atoms with Crippen LogP contribution < -0.4 is 4.90 Å². The van der Waals surface area contributed by atoms with Gasteiger partial charge in [-0.3, -0.25) is 9.69 Å². The second-order valence-corrected chi connectivity index (χ2v) is 7.05. The third-order valence-electron chi connectivity index (χ3n) is 5.38. The summed E-state index contributed by atoms with van der Waals surface area (Å²) in [4.78, 5) is 16.5. The molecule has 1 saturated carbocycles. The normalized spacial score (nSPS) is 26.9. The Morgan fingerprint density at radius 2 is 1.73 bits per heavy atom. The lowest BCUT2D eigenvalue weighted by Crippen LogP contribution is -2.51. The lowest BCUT2D eigenvalue weighted by atomic mass is 9.86. The fraction of sp³-hybridized carbons (Fsp3) is 0.632. The van der Waals surface area contributed by atoms with Gasteiger partial charge in [0.05, 0.1) is 0 Å². The van der Waals surface area contributed by atoms with E-state index in [1.54, 1.807) is 6.92 Å². The Balaban J connectivity index is 1.56. The summed E-state index contributed by atoms with van der Waals surface area (Å²) in [6, 6.07) is 8.90. The van der Waals surface area contributed by atoms with Gasteiger partial charge in [-0.25, -0.2) is 0 Å². The van der Waals surface area contributed by atoms with Crippen LogP contribution in [-0.4, -0.2) is 42.9 Å². The summed E-state index contributed by atoms with van der Waals surface area (Å²) >= 11 is 0. The maximum atomic E-state index is 11.4. The van der Waals surface area contributed by atoms with Crippen LogP contribution in [0.25, 0.3) is 0 Å². The van der Waals surface area contributed by atoms with Gasteiger partial charge in [-0.2, -0.15) is 0 Å². The van der Waals surface area contributed by atoms with E-state index in [1.807, 2.05) is 12.1 Å². The molecule has 120 valence electrons. The molecule has 3 nitrogen and oxygen atoms in total. The second-order valence-electron chi connectivity index (χ2n) is 7.05. The van der Waals surface area contributed by atoms with Crippen molar-refractivity contribution < 1.29 is 4.79 Å². The summed E-state index contributed by atoms with van der Waals surface area (Å²) in [5.74, 6) is 1.04. The molecule has 2 aliphatic rings. The van der Waals surface area contributed by atoms with Crippen LogP contribution in [0, 0.1) is 5.92 Å². The molecule has 22 heavy (non-hydrogen) atoms. The summed E-state index contributed by atoms with van der Waals surface area (Å²) in [5, 5.41) is 0. The van der Waals surface area contributed by atoms with Crippen molar-refractivity contribution in [2.45, 2.75) is 45.6 Å². The quantitative estimate of drug-likeness (QED) is 0.797. The van der Waals surface area contributed by atoms with E-state index in [4.69, 9.17) is 0 Å². The van der Waals surface area contributed by atoms with Gasteiger partial charge in [-0.05, 0) is 49.9 Å². The summed E-state index contributed by atoms with van der Waals surface area (Å²) in [6.45, 7) is 8.57. The Hall–Kier alpha value is -1.35. The molecule has 1 aromatic carbocycles. The number of ketones is 1. The van der Waals surface area contributed by atoms with Gasteiger partial charge in [0.1, 0.15) is 0 Å². The van der Waals surface area contributed by atoms with Gasteiger partial charge in [0, 0.05) is 43.5 Å². The Bertz CT molecular complexity index is 503. The van der Waals surface area contributed by atoms with E-state index in [2.05, 4.69) is 28.9 Å². The number of hydrogen-bond acceptors (Lipinski definition) is 3. The van der Waals surface area contributed by atoms with E-state index in [9.17, 15) is 4.79 Å². The Labute approximate surface area is 134 Å². The Morgan fingerprint density at radius 1 is 1.05 bits per heavy atom. The van der Waals surface area contributed by atoms with Crippen LogP contribution in [0.1, 0.15) is 49.9 Å². The SMILES string of the molecule is CC(=O)c1ccc(N2CCN([C@H]3CCC[C@@H](C)C3)CC2)cc1. The lowest BCUT2D eigenvalue weighted by Gasteiger charge is -2.42. The lowest BCUT2D eigenvalue weighted by molar-refractivity contribution is 0.101. The maximum absolute atomic E-state index is 11.4. The molecule has 0 radical (unpaired) electrons. The highest BCUT2D eigenvalue weighted by Crippen LogP contribution is 2.28. The van der Waals surface area contributed by atoms with Crippen LogP contribution in [-0.2, 0) is 0 Å². The van der Waals surface area contributed by atoms with E-state index in [-0.39, 0.29) is 5.78 Å². The molecule has 1 saturated heterocycles. The summed E-state index contributed by atoms with van der Waals surface area (Å²) in [7, 11) is 0. The van der Waals surface area contributed by atoms with Crippen LogP contribution in [0.5, 0.6) is 0 Å². The number of hydrogen-bond donors (Lipinski definition) is 0. The number of rotatable bonds is 3. The van der Waals surface area contributed by atoms with Gasteiger partial charge < -0.3 is 4.90 Å². The molecule has 1 aromatic rings. The number of nitrogens with zero attached hydrogens (tertiary/aromatic N) is 2. The van der Waals surface area contributed by atoms with Crippen molar-refractivity contribution in [1.82, 2.24) is 4.90 Å². The second kappa shape index (κ2) is 6.82. The van der Waals surface area contributed by atoms with Crippen molar-refractivity contribution in [3.63, 3.8) is 0 Å². The van der Waals surface area contributed by atoms with E-state index in [1.165, 1.54) is 44.5 Å². The molecule has 2 fully saturated rings. The molecular formula is C19H28N2O. The third kappa shape index (κ3) is 3.52. The highest BCUT2D eigenvalue weighted by Gasteiger charge is 2.27. The topological polar surface area (TPSA) is 23.6 Å². The van der Waals surface area contributed by atoms with Gasteiger partial charge in [0.15, 0.2) is 5.78 Å². The summed E-state index contributed by atoms with van der Waals surface area (Å²) < 4.78 is 0. The van der Waals surface area contributed by atoms with Crippen LogP contribution in [0.2, 0.25) is 0 Å². The van der Waals surface area contributed by atoms with Gasteiger partial charge in [0.25, 0.3) is 0 Å². The molecule has 1 heterocycles. The van der Waals surface area contributed by atoms with E-state index < -0.39 is 0 Å². The van der Waals surface area contributed by atoms with Crippen molar-refractivity contribution in [2.75, 3.05) is 31.1 Å². The van der Waals surface area contributed by atoms with Gasteiger partial charge >= 0.3 is 0 Å². The molecule has 0 aromatic heterocycles. The molecule has 0 N–H and O–H groups in total. The molecule has 0 unspecified atom stereocenters. The molecule has 0 spiro atoms. The fourth-order valence-corrected chi connectivity index (χ4v) is 3.99. The van der Waals surface area contributed by atoms with Gasteiger partial charge in [0.2, 0.25) is 0 Å². The zero-order valence-corrected chi connectivity index (χ0v) is 13.9. The predicted molar refractivity (Wildman–Crippen MR) is 91.7 cm³/mol. The number of Topliss-reactive ketones (excluding diaryl/α,β-unsaturated/α-hetero) is 1. The first-order chi connectivity index (χ1) is 10.6. The number of benzene rings is 1. The van der Waals surface area contributed by atoms with Crippen LogP contribution in [0.4, 0.5) is 5.69 Å². The molecule has 0 bridgehead atoms. The molecule has 0 amide bonds. The maximum Gasteiger partial charge on any atom is 0.159 e. The van der Waals surface area contributed by atoms with E-state index >= 15 is 0 Å². The minimum Gasteiger partial charge on any atom is -0.369 e. The first-order valence-electron chi connectivity index (χ1n) is 8.73. The standard InChI is InChI=1S/C19H28N2O/c1-15-4-3-5-19(14-15)21-12-10-20(11-13-21)18-8-6-17(7-9-18)16(2)22/h6-9,15,19H,3-5,10-14H2,1-2H3/t15-,19+/m1/s1. The minimum atomic E-state index is 0.141. The summed E-state index contributed by atoms with van der Waals surface area (Å²) in [6.07, 6.45) is 5.59. The predicted octanol–water partition coefficient (Wildman–Crippen LogP) is 3.59. The number of carbonyl (C=O) groups excluding carboxylic acids is 1. The molecule has 1 aliphatic carbocycles. The van der Waals surface area contributed by atoms with Crippen molar-refractivity contribution in [2.24, 2.45) is 5.92 Å². The Kier molecular flexibility index (Phi) is 4.82. The molecule has 3 rings (SSSR count). The smallest absolute Gasteiger partial charge is 0.159 e.